The van der Waals surface area contributed by atoms with Crippen LogP contribution in [0.15, 0.2) is 352 Å². The highest BCUT2D eigenvalue weighted by atomic mass is 15.0. The van der Waals surface area contributed by atoms with Crippen molar-refractivity contribution in [2.75, 3.05) is 0 Å². The molecular formula is C108H58N8. The lowest BCUT2D eigenvalue weighted by atomic mass is 9.98. The number of para-hydroxylation sites is 10. The van der Waals surface area contributed by atoms with Gasteiger partial charge in [-0.15, -0.1) is 0 Å². The normalized spacial score (nSPS) is 13.0. The van der Waals surface area contributed by atoms with Crippen molar-refractivity contribution in [3.63, 3.8) is 0 Å². The summed E-state index contributed by atoms with van der Waals surface area (Å²) in [6, 6.07) is 133. The van der Waals surface area contributed by atoms with Gasteiger partial charge in [0.05, 0.1) is 110 Å². The van der Waals surface area contributed by atoms with Crippen molar-refractivity contribution in [2.24, 2.45) is 0 Å². The van der Waals surface area contributed by atoms with E-state index in [1.807, 2.05) is 0 Å². The Bertz CT molecular complexity index is 9700. The molecule has 0 amide bonds. The first-order valence-corrected chi connectivity index (χ1v) is 40.3. The first-order chi connectivity index (χ1) is 57.6. The van der Waals surface area contributed by atoms with Crippen LogP contribution >= 0.6 is 0 Å². The monoisotopic (exact) mass is 1470 g/mol. The van der Waals surface area contributed by atoms with Crippen LogP contribution in [0.3, 0.4) is 0 Å². The van der Waals surface area contributed by atoms with Gasteiger partial charge in [-0.1, -0.05) is 200 Å². The van der Waals surface area contributed by atoms with E-state index in [4.69, 9.17) is 0 Å². The molecule has 0 bridgehead atoms. The Balaban J connectivity index is 0.650. The van der Waals surface area contributed by atoms with Gasteiger partial charge in [0, 0.05) is 152 Å². The summed E-state index contributed by atoms with van der Waals surface area (Å²) in [5.74, 6) is 0. The summed E-state index contributed by atoms with van der Waals surface area (Å²) < 4.78 is 20.4. The number of rotatable bonds is 5. The zero-order chi connectivity index (χ0) is 74.5. The molecule has 0 N–H and O–H groups in total. The molecule has 116 heavy (non-hydrogen) atoms. The Hall–Kier alpha value is -15.6. The number of aromatic nitrogens is 8. The van der Waals surface area contributed by atoms with Gasteiger partial charge in [0.15, 0.2) is 0 Å². The van der Waals surface area contributed by atoms with Gasteiger partial charge in [-0.05, 0) is 163 Å². The second-order valence-electron chi connectivity index (χ2n) is 32.5. The molecule has 0 saturated heterocycles. The largest absolute Gasteiger partial charge is 0.309 e. The molecule has 530 valence electrons. The number of nitrogens with zero attached hydrogens (tertiary/aromatic N) is 8. The fourth-order valence-electron chi connectivity index (χ4n) is 22.9. The average Bonchev–Trinajstić information content (AvgIpc) is 1.50. The van der Waals surface area contributed by atoms with Crippen LogP contribution in [0.4, 0.5) is 0 Å². The smallest absolute Gasteiger partial charge is 0.0642 e. The lowest BCUT2D eigenvalue weighted by Crippen LogP contribution is -1.94. The van der Waals surface area contributed by atoms with Gasteiger partial charge in [0.1, 0.15) is 0 Å². The molecule has 8 heteroatoms. The Morgan fingerprint density at radius 3 is 0.940 bits per heavy atom. The molecule has 0 aliphatic rings. The van der Waals surface area contributed by atoms with E-state index < -0.39 is 0 Å². The highest BCUT2D eigenvalue weighted by Crippen LogP contribution is 2.55. The molecule has 8 nitrogen and oxygen atoms in total. The zero-order valence-electron chi connectivity index (χ0n) is 62.1. The van der Waals surface area contributed by atoms with Gasteiger partial charge >= 0.3 is 0 Å². The topological polar surface area (TPSA) is 37.4 Å². The highest BCUT2D eigenvalue weighted by molar-refractivity contribution is 6.41. The fourth-order valence-corrected chi connectivity index (χ4v) is 22.9. The first kappa shape index (κ1) is 59.2. The predicted molar refractivity (Wildman–Crippen MR) is 488 cm³/mol. The van der Waals surface area contributed by atoms with Crippen molar-refractivity contribution in [1.29, 1.82) is 0 Å². The average molecular weight is 1470 g/mol. The van der Waals surface area contributed by atoms with Crippen molar-refractivity contribution in [3.8, 4) is 33.9 Å². The molecule has 0 atom stereocenters. The van der Waals surface area contributed by atoms with E-state index in [0.717, 1.165) is 22.6 Å². The summed E-state index contributed by atoms with van der Waals surface area (Å²) in [5, 5.41) is 30.3. The Labute approximate surface area is 656 Å². The highest BCUT2D eigenvalue weighted by Gasteiger charge is 2.32. The van der Waals surface area contributed by atoms with Gasteiger partial charge < -0.3 is 35.9 Å². The van der Waals surface area contributed by atoms with Gasteiger partial charge in [0.25, 0.3) is 0 Å². The molecule has 0 saturated carbocycles. The van der Waals surface area contributed by atoms with Crippen molar-refractivity contribution >= 4 is 240 Å². The summed E-state index contributed by atoms with van der Waals surface area (Å²) in [6.07, 6.45) is 0. The SMILES string of the molecule is c1ccc(-n2c3ccccc3c3c4c5cccc6c7cc8c(cc7n(c4ccc32)c65)c2cccc3c4c5c6ccc(-c7ccc9c(c7)c7cc%10c%11ccccc%11n%11c%12cc%13c%14c%15c(cc%16c%17ccccc%17n(c%13cc%12c(c7n9-c7ccccc7)c%10%11)c%16%14)c7ccccc7n%15-c7ccccc7)cc6n(-c6ccccc6)c5ccc4n8c23)cc1. The third-order valence-corrected chi connectivity index (χ3v) is 27.2. The van der Waals surface area contributed by atoms with Crippen LogP contribution in [0.2, 0.25) is 0 Å². The van der Waals surface area contributed by atoms with Crippen LogP contribution < -0.4 is 0 Å². The number of hydrogen-bond donors (Lipinski definition) is 0. The quantitative estimate of drug-likeness (QED) is 0.165. The third-order valence-electron chi connectivity index (χ3n) is 27.2. The van der Waals surface area contributed by atoms with E-state index in [1.165, 1.54) is 251 Å². The minimum atomic E-state index is 1.13. The lowest BCUT2D eigenvalue weighted by Gasteiger charge is -2.10. The minimum absolute atomic E-state index is 1.13. The Morgan fingerprint density at radius 2 is 0.431 bits per heavy atom. The summed E-state index contributed by atoms with van der Waals surface area (Å²) in [5.41, 5.74) is 31.3. The third kappa shape index (κ3) is 6.87. The molecule has 12 aromatic heterocycles. The molecule has 0 spiro atoms. The fraction of sp³-hybridized carbons (Fsp3) is 0. The van der Waals surface area contributed by atoms with E-state index >= 15 is 0 Å². The first-order valence-electron chi connectivity index (χ1n) is 40.3. The van der Waals surface area contributed by atoms with Crippen LogP contribution in [0.1, 0.15) is 0 Å². The molecule has 30 rings (SSSR count). The molecule has 0 radical (unpaired) electrons. The minimum Gasteiger partial charge on any atom is -0.309 e. The number of hydrogen-bond acceptors (Lipinski definition) is 0. The van der Waals surface area contributed by atoms with Crippen LogP contribution in [0.25, 0.3) is 273 Å². The second kappa shape index (κ2) is 20.5. The summed E-state index contributed by atoms with van der Waals surface area (Å²) in [7, 11) is 0. The van der Waals surface area contributed by atoms with E-state index in [1.54, 1.807) is 0 Å². The van der Waals surface area contributed by atoms with Crippen molar-refractivity contribution < 1.29 is 0 Å². The molecule has 0 aliphatic carbocycles. The molecule has 0 unspecified atom stereocenters. The van der Waals surface area contributed by atoms with Gasteiger partial charge in [-0.2, -0.15) is 0 Å². The summed E-state index contributed by atoms with van der Waals surface area (Å²) in [6.45, 7) is 0. The van der Waals surface area contributed by atoms with E-state index in [9.17, 15) is 0 Å². The predicted octanol–water partition coefficient (Wildman–Crippen LogP) is 28.3. The molecule has 12 heterocycles. The molecule has 30 aromatic rings. The van der Waals surface area contributed by atoms with Crippen molar-refractivity contribution in [1.82, 2.24) is 35.9 Å². The standard InChI is InChI=1S/C108H58N8/c1-5-23-61(24-6-1)109-86-42-20-16-34-70(86)97-88(109)47-49-90-99(97)72-37-21-35-68-75-56-94-76(55-93(75)115(90)103(68)72)69-36-22-38-73-100-91(116(94)104(69)73)50-48-89-98(100)71-45-43-60(52-92(71)110(89)62-25-7-2-8-26-62)59-44-46-87-74(51-59)80-54-79-67-33-15-19-41-85(67)114-96-57-81-95(58-82(96)102(108(79)114)106(80)112(87)64-29-11-4-12-30-64)113-84-40-18-14-32-66(84)78-53-77-65-31-13-17-39-83(65)111(63-27-9-3-10-28-63)105(77)101(81)107(78)113/h1-58H. The van der Waals surface area contributed by atoms with Crippen molar-refractivity contribution in [3.05, 3.63) is 352 Å². The zero-order valence-corrected chi connectivity index (χ0v) is 62.1. The van der Waals surface area contributed by atoms with E-state index in [-0.39, 0.29) is 0 Å². The second-order valence-corrected chi connectivity index (χ2v) is 32.5. The van der Waals surface area contributed by atoms with Crippen molar-refractivity contribution in [2.45, 2.75) is 0 Å². The van der Waals surface area contributed by atoms with E-state index in [2.05, 4.69) is 388 Å². The Kier molecular flexibility index (Phi) is 10.5. The van der Waals surface area contributed by atoms with Gasteiger partial charge in [-0.25, -0.2) is 0 Å². The maximum absolute atomic E-state index is 2.60. The van der Waals surface area contributed by atoms with Crippen LogP contribution in [0, 0.1) is 0 Å². The molecule has 0 aliphatic heterocycles. The summed E-state index contributed by atoms with van der Waals surface area (Å²) in [4.78, 5) is 0. The maximum Gasteiger partial charge on any atom is 0.0642 e. The van der Waals surface area contributed by atoms with Crippen LogP contribution in [0.5, 0.6) is 0 Å². The molecular weight excluding hydrogens is 1410 g/mol. The lowest BCUT2D eigenvalue weighted by molar-refractivity contribution is 1.18. The van der Waals surface area contributed by atoms with Gasteiger partial charge in [0.2, 0.25) is 0 Å². The number of fused-ring (bicyclic) bond motifs is 40. The van der Waals surface area contributed by atoms with Crippen LogP contribution in [-0.2, 0) is 0 Å². The number of benzene rings is 18. The van der Waals surface area contributed by atoms with E-state index in [0.29, 0.717) is 0 Å². The van der Waals surface area contributed by atoms with Gasteiger partial charge in [-0.3, -0.25) is 0 Å². The Morgan fingerprint density at radius 1 is 0.121 bits per heavy atom. The maximum atomic E-state index is 2.60. The summed E-state index contributed by atoms with van der Waals surface area (Å²) >= 11 is 0. The molecule has 0 fully saturated rings. The molecule has 18 aromatic carbocycles. The van der Waals surface area contributed by atoms with Crippen LogP contribution in [-0.4, -0.2) is 35.9 Å².